The van der Waals surface area contributed by atoms with Gasteiger partial charge in [-0.15, -0.1) is 0 Å². The van der Waals surface area contributed by atoms with Crippen molar-refractivity contribution in [2.24, 2.45) is 0 Å². The normalized spacial score (nSPS) is 19.1. The van der Waals surface area contributed by atoms with Crippen molar-refractivity contribution < 1.29 is 14.3 Å². The van der Waals surface area contributed by atoms with Crippen LogP contribution in [0.1, 0.15) is 18.6 Å². The molecule has 0 saturated heterocycles. The molecule has 1 N–H and O–H groups in total. The Morgan fingerprint density at radius 1 is 1.67 bits per heavy atom. The molecule has 0 unspecified atom stereocenters. The maximum Gasteiger partial charge on any atom is 0.317 e. The summed E-state index contributed by atoms with van der Waals surface area (Å²) >= 11 is 3.21. The molecule has 0 aliphatic heterocycles. The van der Waals surface area contributed by atoms with Crippen LogP contribution in [0.25, 0.3) is 0 Å². The first-order valence-corrected chi connectivity index (χ1v) is 4.42. The second-order valence-electron chi connectivity index (χ2n) is 3.02. The number of hydrogen-bond acceptors (Lipinski definition) is 2. The fraction of sp³-hybridized carbons (Fsp3) is 0.375. The molecule has 0 aromatic carbocycles. The minimum absolute atomic E-state index is 0.557. The lowest BCUT2D eigenvalue weighted by molar-refractivity contribution is -0.140. The third kappa shape index (κ3) is 0.982. The minimum atomic E-state index is -0.788. The standard InChI is InChI=1S/C8H7BrO3/c9-5-3-6(12-4-5)8(1-2-8)7(10)11/h3-4H,1-2H2,(H,10,11). The van der Waals surface area contributed by atoms with Crippen molar-refractivity contribution in [3.8, 4) is 0 Å². The van der Waals surface area contributed by atoms with Crippen LogP contribution in [0.2, 0.25) is 0 Å². The molecule has 0 amide bonds. The van der Waals surface area contributed by atoms with E-state index in [9.17, 15) is 4.79 Å². The van der Waals surface area contributed by atoms with Crippen molar-refractivity contribution in [1.29, 1.82) is 0 Å². The zero-order chi connectivity index (χ0) is 8.77. The molecule has 0 radical (unpaired) electrons. The Labute approximate surface area is 77.5 Å². The zero-order valence-electron chi connectivity index (χ0n) is 6.21. The van der Waals surface area contributed by atoms with Crippen LogP contribution in [0.3, 0.4) is 0 Å². The molecule has 1 saturated carbocycles. The molecule has 0 spiro atoms. The third-order valence-electron chi connectivity index (χ3n) is 2.20. The summed E-state index contributed by atoms with van der Waals surface area (Å²) in [6.45, 7) is 0. The number of carboxylic acid groups (broad SMARTS) is 1. The number of halogens is 1. The van der Waals surface area contributed by atoms with Gasteiger partial charge in [0, 0.05) is 0 Å². The molecular formula is C8H7BrO3. The summed E-state index contributed by atoms with van der Waals surface area (Å²) in [6, 6.07) is 1.72. The summed E-state index contributed by atoms with van der Waals surface area (Å²) in [7, 11) is 0. The molecule has 3 nitrogen and oxygen atoms in total. The second kappa shape index (κ2) is 2.36. The van der Waals surface area contributed by atoms with Crippen LogP contribution >= 0.6 is 15.9 Å². The van der Waals surface area contributed by atoms with Gasteiger partial charge in [0.15, 0.2) is 0 Å². The largest absolute Gasteiger partial charge is 0.480 e. The van der Waals surface area contributed by atoms with E-state index < -0.39 is 11.4 Å². The fourth-order valence-corrected chi connectivity index (χ4v) is 1.56. The molecular weight excluding hydrogens is 224 g/mol. The summed E-state index contributed by atoms with van der Waals surface area (Å²) in [4.78, 5) is 10.8. The topological polar surface area (TPSA) is 50.4 Å². The van der Waals surface area contributed by atoms with Crippen molar-refractivity contribution >= 4 is 21.9 Å². The van der Waals surface area contributed by atoms with E-state index in [0.29, 0.717) is 18.6 Å². The number of furan rings is 1. The lowest BCUT2D eigenvalue weighted by Gasteiger charge is -2.03. The summed E-state index contributed by atoms with van der Waals surface area (Å²) in [6.07, 6.45) is 2.88. The molecule has 1 aromatic heterocycles. The zero-order valence-corrected chi connectivity index (χ0v) is 7.80. The van der Waals surface area contributed by atoms with E-state index in [1.807, 2.05) is 0 Å². The number of aliphatic carboxylic acids is 1. The highest BCUT2D eigenvalue weighted by Crippen LogP contribution is 2.49. The second-order valence-corrected chi connectivity index (χ2v) is 3.93. The van der Waals surface area contributed by atoms with Gasteiger partial charge in [-0.1, -0.05) is 0 Å². The van der Waals surface area contributed by atoms with Gasteiger partial charge in [0.2, 0.25) is 0 Å². The Morgan fingerprint density at radius 3 is 2.67 bits per heavy atom. The SMILES string of the molecule is O=C(O)C1(c2cc(Br)co2)CC1. The average molecular weight is 231 g/mol. The molecule has 1 fully saturated rings. The molecule has 1 aromatic rings. The van der Waals surface area contributed by atoms with Gasteiger partial charge >= 0.3 is 5.97 Å². The van der Waals surface area contributed by atoms with Crippen LogP contribution in [-0.4, -0.2) is 11.1 Å². The lowest BCUT2D eigenvalue weighted by Crippen LogP contribution is -2.18. The van der Waals surface area contributed by atoms with Crippen LogP contribution in [-0.2, 0) is 10.2 Å². The highest BCUT2D eigenvalue weighted by atomic mass is 79.9. The van der Waals surface area contributed by atoms with Crippen molar-refractivity contribution in [3.63, 3.8) is 0 Å². The third-order valence-corrected chi connectivity index (χ3v) is 2.61. The van der Waals surface area contributed by atoms with Crippen LogP contribution in [0.15, 0.2) is 21.2 Å². The Morgan fingerprint density at radius 2 is 2.33 bits per heavy atom. The Balaban J connectivity index is 2.36. The van der Waals surface area contributed by atoms with Gasteiger partial charge in [0.25, 0.3) is 0 Å². The Bertz CT molecular complexity index is 325. The van der Waals surface area contributed by atoms with Gasteiger partial charge < -0.3 is 9.52 Å². The van der Waals surface area contributed by atoms with Gasteiger partial charge in [-0.05, 0) is 34.8 Å². The molecule has 2 rings (SSSR count). The van der Waals surface area contributed by atoms with Gasteiger partial charge in [0.05, 0.1) is 4.47 Å². The van der Waals surface area contributed by atoms with Crippen LogP contribution < -0.4 is 0 Å². The molecule has 0 atom stereocenters. The highest BCUT2D eigenvalue weighted by molar-refractivity contribution is 9.10. The van der Waals surface area contributed by atoms with Gasteiger partial charge in [-0.25, -0.2) is 0 Å². The number of rotatable bonds is 2. The van der Waals surface area contributed by atoms with E-state index in [4.69, 9.17) is 9.52 Å². The van der Waals surface area contributed by atoms with E-state index in [0.717, 1.165) is 4.47 Å². The first-order valence-electron chi connectivity index (χ1n) is 3.63. The predicted octanol–water partition coefficient (Wildman–Crippen LogP) is 2.16. The molecule has 12 heavy (non-hydrogen) atoms. The molecule has 1 aliphatic carbocycles. The highest BCUT2D eigenvalue weighted by Gasteiger charge is 2.54. The first-order chi connectivity index (χ1) is 5.65. The monoisotopic (exact) mass is 230 g/mol. The van der Waals surface area contributed by atoms with Gasteiger partial charge in [-0.3, -0.25) is 4.79 Å². The summed E-state index contributed by atoms with van der Waals surface area (Å²) in [5.74, 6) is -0.230. The van der Waals surface area contributed by atoms with Crippen molar-refractivity contribution in [2.75, 3.05) is 0 Å². The molecule has 64 valence electrons. The number of carbonyl (C=O) groups is 1. The van der Waals surface area contributed by atoms with E-state index in [1.54, 1.807) is 6.07 Å². The van der Waals surface area contributed by atoms with Crippen LogP contribution in [0, 0.1) is 0 Å². The van der Waals surface area contributed by atoms with Gasteiger partial charge in [-0.2, -0.15) is 0 Å². The van der Waals surface area contributed by atoms with Crippen molar-refractivity contribution in [1.82, 2.24) is 0 Å². The van der Waals surface area contributed by atoms with Crippen molar-refractivity contribution in [3.05, 3.63) is 22.6 Å². The molecule has 0 bridgehead atoms. The number of carboxylic acids is 1. The minimum Gasteiger partial charge on any atom is -0.480 e. The van der Waals surface area contributed by atoms with Crippen molar-refractivity contribution in [2.45, 2.75) is 18.3 Å². The maximum absolute atomic E-state index is 10.8. The fourth-order valence-electron chi connectivity index (χ4n) is 1.25. The van der Waals surface area contributed by atoms with Crippen LogP contribution in [0.5, 0.6) is 0 Å². The summed E-state index contributed by atoms with van der Waals surface area (Å²) in [5.41, 5.74) is -0.716. The first kappa shape index (κ1) is 7.86. The lowest BCUT2D eigenvalue weighted by atomic mass is 10.1. The Kier molecular flexibility index (Phi) is 1.54. The van der Waals surface area contributed by atoms with E-state index in [1.165, 1.54) is 6.26 Å². The smallest absolute Gasteiger partial charge is 0.317 e. The summed E-state index contributed by atoms with van der Waals surface area (Å²) < 4.78 is 5.92. The average Bonchev–Trinajstić information content (AvgIpc) is 2.71. The predicted molar refractivity (Wildman–Crippen MR) is 45.0 cm³/mol. The summed E-state index contributed by atoms with van der Waals surface area (Å²) in [5, 5.41) is 8.89. The van der Waals surface area contributed by atoms with E-state index in [-0.39, 0.29) is 0 Å². The quantitative estimate of drug-likeness (QED) is 0.848. The number of hydrogen-bond donors (Lipinski definition) is 1. The molecule has 4 heteroatoms. The Hall–Kier alpha value is -0.770. The molecule has 1 aliphatic rings. The van der Waals surface area contributed by atoms with E-state index in [2.05, 4.69) is 15.9 Å². The van der Waals surface area contributed by atoms with Gasteiger partial charge in [0.1, 0.15) is 17.4 Å². The van der Waals surface area contributed by atoms with Crippen LogP contribution in [0.4, 0.5) is 0 Å². The molecule has 1 heterocycles. The van der Waals surface area contributed by atoms with E-state index >= 15 is 0 Å². The maximum atomic E-state index is 10.8.